The first-order valence-electron chi connectivity index (χ1n) is 6.39. The number of carbonyl (C=O) groups is 1. The summed E-state index contributed by atoms with van der Waals surface area (Å²) >= 11 is 0. The molecule has 1 aliphatic heterocycles. The van der Waals surface area contributed by atoms with Gasteiger partial charge in [0, 0.05) is 18.2 Å². The SMILES string of the molecule is C[C@H]1C[C@@H](C(=O)Nc2cnn(CC(F)F)c2)CCN1.Cl. The zero-order chi connectivity index (χ0) is 13.8. The van der Waals surface area contributed by atoms with E-state index in [0.717, 1.165) is 24.1 Å². The molecule has 0 saturated carbocycles. The van der Waals surface area contributed by atoms with Gasteiger partial charge in [0.15, 0.2) is 0 Å². The van der Waals surface area contributed by atoms with Crippen LogP contribution in [0.3, 0.4) is 0 Å². The first-order chi connectivity index (χ1) is 9.04. The Morgan fingerprint density at radius 1 is 1.65 bits per heavy atom. The molecule has 0 spiro atoms. The Bertz CT molecular complexity index is 441. The molecule has 2 N–H and O–H groups in total. The number of halogens is 3. The summed E-state index contributed by atoms with van der Waals surface area (Å²) < 4.78 is 25.5. The maximum Gasteiger partial charge on any atom is 0.257 e. The molecular weight excluding hydrogens is 290 g/mol. The molecule has 0 radical (unpaired) electrons. The molecule has 2 rings (SSSR count). The average molecular weight is 309 g/mol. The van der Waals surface area contributed by atoms with Crippen LogP contribution in [0.2, 0.25) is 0 Å². The van der Waals surface area contributed by atoms with Gasteiger partial charge in [-0.15, -0.1) is 12.4 Å². The molecule has 1 saturated heterocycles. The fourth-order valence-corrected chi connectivity index (χ4v) is 2.28. The van der Waals surface area contributed by atoms with Crippen LogP contribution in [0.15, 0.2) is 12.4 Å². The topological polar surface area (TPSA) is 59.0 Å². The lowest BCUT2D eigenvalue weighted by molar-refractivity contribution is -0.120. The summed E-state index contributed by atoms with van der Waals surface area (Å²) in [6, 6.07) is 0.325. The Labute approximate surface area is 122 Å². The van der Waals surface area contributed by atoms with Gasteiger partial charge in [-0.1, -0.05) is 0 Å². The first-order valence-corrected chi connectivity index (χ1v) is 6.39. The van der Waals surface area contributed by atoms with E-state index < -0.39 is 13.0 Å². The quantitative estimate of drug-likeness (QED) is 0.893. The van der Waals surface area contributed by atoms with Gasteiger partial charge in [0.2, 0.25) is 5.91 Å². The van der Waals surface area contributed by atoms with Crippen LogP contribution < -0.4 is 10.6 Å². The van der Waals surface area contributed by atoms with Crippen LogP contribution in [0.4, 0.5) is 14.5 Å². The van der Waals surface area contributed by atoms with Crippen LogP contribution in [0.5, 0.6) is 0 Å². The lowest BCUT2D eigenvalue weighted by Gasteiger charge is -2.26. The van der Waals surface area contributed by atoms with E-state index >= 15 is 0 Å². The van der Waals surface area contributed by atoms with Crippen LogP contribution >= 0.6 is 12.4 Å². The van der Waals surface area contributed by atoms with Gasteiger partial charge in [-0.3, -0.25) is 9.48 Å². The molecule has 2 atom stereocenters. The molecule has 0 aromatic carbocycles. The van der Waals surface area contributed by atoms with Crippen LogP contribution in [-0.2, 0) is 11.3 Å². The second kappa shape index (κ2) is 7.54. The summed E-state index contributed by atoms with van der Waals surface area (Å²) in [7, 11) is 0. The van der Waals surface area contributed by atoms with Crippen molar-refractivity contribution in [2.24, 2.45) is 5.92 Å². The Balaban J connectivity index is 0.00000200. The Kier molecular flexibility index (Phi) is 6.35. The summed E-state index contributed by atoms with van der Waals surface area (Å²) in [5.74, 6) is -0.0976. The minimum atomic E-state index is -2.45. The number of hydrogen-bond donors (Lipinski definition) is 2. The van der Waals surface area contributed by atoms with Crippen molar-refractivity contribution >= 4 is 24.0 Å². The minimum Gasteiger partial charge on any atom is -0.323 e. The zero-order valence-corrected chi connectivity index (χ0v) is 12.0. The standard InChI is InChI=1S/C12H18F2N4O.ClH/c1-8-4-9(2-3-15-8)12(19)17-10-5-16-18(6-10)7-11(13)14;/h5-6,8-9,11,15H,2-4,7H2,1H3,(H,17,19);1H/t8-,9-;/m0./s1. The average Bonchev–Trinajstić information content (AvgIpc) is 2.75. The molecule has 1 aromatic heterocycles. The van der Waals surface area contributed by atoms with Gasteiger partial charge in [0.05, 0.1) is 11.9 Å². The number of anilines is 1. The van der Waals surface area contributed by atoms with Crippen LogP contribution in [0, 0.1) is 5.92 Å². The number of nitrogens with zero attached hydrogens (tertiary/aromatic N) is 2. The Morgan fingerprint density at radius 3 is 3.05 bits per heavy atom. The van der Waals surface area contributed by atoms with E-state index in [4.69, 9.17) is 0 Å². The minimum absolute atomic E-state index is 0. The lowest BCUT2D eigenvalue weighted by Crippen LogP contribution is -2.40. The highest BCUT2D eigenvalue weighted by molar-refractivity contribution is 5.92. The molecular formula is C12H19ClF2N4O. The summed E-state index contributed by atoms with van der Waals surface area (Å²) in [5.41, 5.74) is 0.469. The van der Waals surface area contributed by atoms with E-state index in [1.54, 1.807) is 0 Å². The van der Waals surface area contributed by atoms with Crippen molar-refractivity contribution in [3.8, 4) is 0 Å². The largest absolute Gasteiger partial charge is 0.323 e. The highest BCUT2D eigenvalue weighted by Crippen LogP contribution is 2.18. The van der Waals surface area contributed by atoms with Gasteiger partial charge in [0.25, 0.3) is 6.43 Å². The Hall–Kier alpha value is -1.21. The number of amides is 1. The third-order valence-electron chi connectivity index (χ3n) is 3.22. The van der Waals surface area contributed by atoms with Gasteiger partial charge in [-0.25, -0.2) is 8.78 Å². The van der Waals surface area contributed by atoms with E-state index in [0.29, 0.717) is 11.7 Å². The normalized spacial score (nSPS) is 22.4. The van der Waals surface area contributed by atoms with E-state index in [-0.39, 0.29) is 24.2 Å². The molecule has 2 heterocycles. The van der Waals surface area contributed by atoms with Crippen molar-refractivity contribution in [3.63, 3.8) is 0 Å². The van der Waals surface area contributed by atoms with Crippen molar-refractivity contribution in [1.82, 2.24) is 15.1 Å². The summed E-state index contributed by atoms with van der Waals surface area (Å²) in [5, 5.41) is 9.79. The lowest BCUT2D eigenvalue weighted by atomic mass is 9.92. The van der Waals surface area contributed by atoms with Gasteiger partial charge >= 0.3 is 0 Å². The van der Waals surface area contributed by atoms with Crippen molar-refractivity contribution in [2.75, 3.05) is 11.9 Å². The number of piperidine rings is 1. The second-order valence-corrected chi connectivity index (χ2v) is 4.91. The van der Waals surface area contributed by atoms with Gasteiger partial charge in [-0.2, -0.15) is 5.10 Å². The maximum atomic E-state index is 12.2. The molecule has 0 aliphatic carbocycles. The molecule has 20 heavy (non-hydrogen) atoms. The fourth-order valence-electron chi connectivity index (χ4n) is 2.28. The smallest absolute Gasteiger partial charge is 0.257 e. The first kappa shape index (κ1) is 16.8. The molecule has 1 aromatic rings. The van der Waals surface area contributed by atoms with Crippen molar-refractivity contribution in [2.45, 2.75) is 38.8 Å². The molecule has 1 fully saturated rings. The summed E-state index contributed by atoms with van der Waals surface area (Å²) in [6.45, 7) is 2.41. The van der Waals surface area contributed by atoms with E-state index in [9.17, 15) is 13.6 Å². The predicted molar refractivity (Wildman–Crippen MR) is 74.3 cm³/mol. The van der Waals surface area contributed by atoms with E-state index in [2.05, 4.69) is 15.7 Å². The molecule has 1 aliphatic rings. The number of aromatic nitrogens is 2. The third-order valence-corrected chi connectivity index (χ3v) is 3.22. The second-order valence-electron chi connectivity index (χ2n) is 4.91. The predicted octanol–water partition coefficient (Wildman–Crippen LogP) is 1.90. The van der Waals surface area contributed by atoms with Gasteiger partial charge in [0.1, 0.15) is 6.54 Å². The number of nitrogens with one attached hydrogen (secondary N) is 2. The summed E-state index contributed by atoms with van der Waals surface area (Å²) in [4.78, 5) is 12.0. The molecule has 1 amide bonds. The number of hydrogen-bond acceptors (Lipinski definition) is 3. The number of rotatable bonds is 4. The highest BCUT2D eigenvalue weighted by atomic mass is 35.5. The molecule has 5 nitrogen and oxygen atoms in total. The Morgan fingerprint density at radius 2 is 2.40 bits per heavy atom. The molecule has 114 valence electrons. The van der Waals surface area contributed by atoms with Crippen molar-refractivity contribution in [1.29, 1.82) is 0 Å². The molecule has 8 heteroatoms. The monoisotopic (exact) mass is 308 g/mol. The van der Waals surface area contributed by atoms with Gasteiger partial charge in [-0.05, 0) is 26.3 Å². The van der Waals surface area contributed by atoms with E-state index in [1.165, 1.54) is 12.4 Å². The fraction of sp³-hybridized carbons (Fsp3) is 0.667. The highest BCUT2D eigenvalue weighted by Gasteiger charge is 2.24. The molecule has 0 bridgehead atoms. The zero-order valence-electron chi connectivity index (χ0n) is 11.2. The van der Waals surface area contributed by atoms with E-state index in [1.807, 2.05) is 6.92 Å². The maximum absolute atomic E-state index is 12.2. The number of alkyl halides is 2. The van der Waals surface area contributed by atoms with Crippen molar-refractivity contribution < 1.29 is 13.6 Å². The van der Waals surface area contributed by atoms with Crippen molar-refractivity contribution in [3.05, 3.63) is 12.4 Å². The molecule has 0 unspecified atom stereocenters. The number of carbonyl (C=O) groups excluding carboxylic acids is 1. The third kappa shape index (κ3) is 4.72. The summed E-state index contributed by atoms with van der Waals surface area (Å²) in [6.07, 6.45) is 1.95. The van der Waals surface area contributed by atoms with Crippen LogP contribution in [0.25, 0.3) is 0 Å². The van der Waals surface area contributed by atoms with Crippen LogP contribution in [-0.4, -0.2) is 34.7 Å². The van der Waals surface area contributed by atoms with Crippen LogP contribution in [0.1, 0.15) is 19.8 Å². The van der Waals surface area contributed by atoms with Gasteiger partial charge < -0.3 is 10.6 Å².